The molecule has 140 valence electrons. The van der Waals surface area contributed by atoms with Crippen LogP contribution in [0.1, 0.15) is 24.4 Å². The summed E-state index contributed by atoms with van der Waals surface area (Å²) in [6.07, 6.45) is 2.26. The molecule has 8 heteroatoms. The molecule has 0 bridgehead atoms. The van der Waals surface area contributed by atoms with Crippen molar-refractivity contribution in [3.63, 3.8) is 0 Å². The number of rotatable bonds is 4. The molecule has 0 saturated carbocycles. The quantitative estimate of drug-likeness (QED) is 0.391. The van der Waals surface area contributed by atoms with E-state index in [1.807, 2.05) is 11.8 Å². The predicted octanol–water partition coefficient (Wildman–Crippen LogP) is 3.60. The van der Waals surface area contributed by atoms with E-state index < -0.39 is 0 Å². The van der Waals surface area contributed by atoms with Crippen LogP contribution in [0.2, 0.25) is 5.02 Å². The zero-order chi connectivity index (χ0) is 16.9. The van der Waals surface area contributed by atoms with Crippen molar-refractivity contribution in [2.45, 2.75) is 18.9 Å². The van der Waals surface area contributed by atoms with Crippen molar-refractivity contribution in [3.05, 3.63) is 34.6 Å². The average molecular weight is 499 g/mol. The van der Waals surface area contributed by atoms with E-state index >= 15 is 0 Å². The van der Waals surface area contributed by atoms with Gasteiger partial charge in [0.25, 0.3) is 0 Å². The summed E-state index contributed by atoms with van der Waals surface area (Å²) < 4.78 is 14.4. The van der Waals surface area contributed by atoms with Crippen LogP contribution in [0.5, 0.6) is 0 Å². The van der Waals surface area contributed by atoms with Gasteiger partial charge in [-0.25, -0.2) is 4.39 Å². The summed E-state index contributed by atoms with van der Waals surface area (Å²) in [5.74, 6) is 2.45. The second kappa shape index (κ2) is 10.2. The fraction of sp³-hybridized carbons (Fsp3) is 0.588. The minimum absolute atomic E-state index is 0. The number of benzene rings is 1. The van der Waals surface area contributed by atoms with Crippen molar-refractivity contribution in [2.75, 3.05) is 44.2 Å². The number of halogens is 3. The van der Waals surface area contributed by atoms with Crippen LogP contribution < -0.4 is 5.73 Å². The van der Waals surface area contributed by atoms with Crippen LogP contribution in [0, 0.1) is 5.82 Å². The molecule has 1 aromatic rings. The molecule has 4 nitrogen and oxygen atoms in total. The van der Waals surface area contributed by atoms with Crippen molar-refractivity contribution in [1.82, 2.24) is 9.80 Å². The van der Waals surface area contributed by atoms with E-state index in [1.165, 1.54) is 6.07 Å². The van der Waals surface area contributed by atoms with Crippen molar-refractivity contribution in [3.8, 4) is 0 Å². The molecule has 1 unspecified atom stereocenters. The molecule has 2 heterocycles. The molecule has 2 aliphatic heterocycles. The second-order valence-electron chi connectivity index (χ2n) is 6.19. The summed E-state index contributed by atoms with van der Waals surface area (Å²) in [5.41, 5.74) is 6.72. The molecule has 0 radical (unpaired) electrons. The maximum absolute atomic E-state index is 14.4. The fourth-order valence-corrected chi connectivity index (χ4v) is 4.54. The number of likely N-dealkylation sites (tertiary alicyclic amines) is 1. The second-order valence-corrected chi connectivity index (χ2v) is 7.82. The summed E-state index contributed by atoms with van der Waals surface area (Å²) >= 11 is 8.24. The van der Waals surface area contributed by atoms with Crippen LogP contribution in [0.3, 0.4) is 0 Å². The molecule has 25 heavy (non-hydrogen) atoms. The van der Waals surface area contributed by atoms with Gasteiger partial charge < -0.3 is 10.6 Å². The molecule has 1 atom stereocenters. The van der Waals surface area contributed by atoms with Crippen molar-refractivity contribution in [1.29, 1.82) is 0 Å². The minimum atomic E-state index is -0.262. The first-order valence-electron chi connectivity index (χ1n) is 8.47. The molecule has 0 aromatic heterocycles. The van der Waals surface area contributed by atoms with Crippen LogP contribution in [0.15, 0.2) is 23.2 Å². The lowest BCUT2D eigenvalue weighted by Gasteiger charge is -2.30. The van der Waals surface area contributed by atoms with Crippen LogP contribution in [0.25, 0.3) is 0 Å². The highest BCUT2D eigenvalue weighted by Gasteiger charge is 2.27. The summed E-state index contributed by atoms with van der Waals surface area (Å²) in [6, 6.07) is 4.71. The van der Waals surface area contributed by atoms with E-state index in [1.54, 1.807) is 12.1 Å². The third kappa shape index (κ3) is 5.37. The van der Waals surface area contributed by atoms with Gasteiger partial charge in [0.1, 0.15) is 5.82 Å². The van der Waals surface area contributed by atoms with E-state index in [0.29, 0.717) is 23.1 Å². The predicted molar refractivity (Wildman–Crippen MR) is 116 cm³/mol. The van der Waals surface area contributed by atoms with Gasteiger partial charge in [0.2, 0.25) is 0 Å². The lowest BCUT2D eigenvalue weighted by atomic mass is 10.0. The highest BCUT2D eigenvalue weighted by Crippen LogP contribution is 2.32. The zero-order valence-corrected chi connectivity index (χ0v) is 18.1. The Balaban J connectivity index is 0.00000225. The van der Waals surface area contributed by atoms with Gasteiger partial charge in [-0.05, 0) is 38.1 Å². The maximum Gasteiger partial charge on any atom is 0.191 e. The fourth-order valence-electron chi connectivity index (χ4n) is 3.34. The van der Waals surface area contributed by atoms with Crippen LogP contribution in [-0.2, 0) is 0 Å². The molecule has 2 N–H and O–H groups in total. The number of nitrogens with zero attached hydrogens (tertiary/aromatic N) is 3. The Kier molecular flexibility index (Phi) is 8.57. The largest absolute Gasteiger partial charge is 0.370 e. The molecule has 2 aliphatic rings. The van der Waals surface area contributed by atoms with E-state index in [9.17, 15) is 4.39 Å². The van der Waals surface area contributed by atoms with Crippen LogP contribution in [-0.4, -0.2) is 60.0 Å². The first-order valence-corrected chi connectivity index (χ1v) is 10.0. The molecule has 1 aromatic carbocycles. The topological polar surface area (TPSA) is 44.9 Å². The van der Waals surface area contributed by atoms with Gasteiger partial charge in [-0.1, -0.05) is 17.7 Å². The molecular formula is C17H25ClFIN4S. The maximum atomic E-state index is 14.4. The van der Waals surface area contributed by atoms with E-state index in [2.05, 4.69) is 14.8 Å². The summed E-state index contributed by atoms with van der Waals surface area (Å²) in [6.45, 7) is 4.19. The van der Waals surface area contributed by atoms with Gasteiger partial charge in [0.05, 0.1) is 12.6 Å². The number of hydrogen-bond acceptors (Lipinski definition) is 3. The van der Waals surface area contributed by atoms with Crippen molar-refractivity contribution in [2.24, 2.45) is 10.7 Å². The third-order valence-corrected chi connectivity index (χ3v) is 5.95. The Hall–Kier alpha value is -0.250. The Labute approximate surface area is 175 Å². The van der Waals surface area contributed by atoms with Gasteiger partial charge in [0, 0.05) is 35.2 Å². The number of nitrogens with two attached hydrogens (primary N) is 1. The average Bonchev–Trinajstić information content (AvgIpc) is 3.12. The first-order chi connectivity index (χ1) is 11.7. The summed E-state index contributed by atoms with van der Waals surface area (Å²) in [7, 11) is 0. The molecular weight excluding hydrogens is 474 g/mol. The Morgan fingerprint density at radius 1 is 1.24 bits per heavy atom. The van der Waals surface area contributed by atoms with Gasteiger partial charge in [-0.3, -0.25) is 9.89 Å². The molecule has 0 aliphatic carbocycles. The standard InChI is InChI=1S/C17H24ClFN4S.HI/c18-13-4-3-5-14(19)16(13)15(22-6-1-2-7-22)12-21-17(20)23-8-10-24-11-9-23;/h3-5,15H,1-2,6-12H2,(H2,20,21);1H. The smallest absolute Gasteiger partial charge is 0.191 e. The normalized spacial score (nSPS) is 20.4. The van der Waals surface area contributed by atoms with E-state index in [4.69, 9.17) is 17.3 Å². The minimum Gasteiger partial charge on any atom is -0.370 e. The molecule has 3 rings (SSSR count). The van der Waals surface area contributed by atoms with E-state index in [-0.39, 0.29) is 35.8 Å². The van der Waals surface area contributed by atoms with Crippen molar-refractivity contribution < 1.29 is 4.39 Å². The van der Waals surface area contributed by atoms with Crippen LogP contribution >= 0.6 is 47.3 Å². The zero-order valence-electron chi connectivity index (χ0n) is 14.2. The van der Waals surface area contributed by atoms with Gasteiger partial charge >= 0.3 is 0 Å². The molecule has 0 amide bonds. The SMILES string of the molecule is I.NC(=NCC(c1c(F)cccc1Cl)N1CCCC1)N1CCSCC1. The molecule has 2 fully saturated rings. The lowest BCUT2D eigenvalue weighted by Crippen LogP contribution is -2.43. The number of aliphatic imine (C=N–C) groups is 1. The molecule has 0 spiro atoms. The van der Waals surface area contributed by atoms with Gasteiger partial charge in [-0.2, -0.15) is 11.8 Å². The third-order valence-electron chi connectivity index (χ3n) is 4.68. The first kappa shape index (κ1) is 21.1. The monoisotopic (exact) mass is 498 g/mol. The summed E-state index contributed by atoms with van der Waals surface area (Å²) in [4.78, 5) is 8.98. The highest BCUT2D eigenvalue weighted by molar-refractivity contribution is 14.0. The van der Waals surface area contributed by atoms with E-state index in [0.717, 1.165) is 50.5 Å². The van der Waals surface area contributed by atoms with Crippen LogP contribution in [0.4, 0.5) is 4.39 Å². The van der Waals surface area contributed by atoms with Crippen molar-refractivity contribution >= 4 is 53.3 Å². The Morgan fingerprint density at radius 2 is 1.92 bits per heavy atom. The Bertz CT molecular complexity index is 572. The highest BCUT2D eigenvalue weighted by atomic mass is 127. The lowest BCUT2D eigenvalue weighted by molar-refractivity contribution is 0.246. The number of guanidine groups is 1. The summed E-state index contributed by atoms with van der Waals surface area (Å²) in [5, 5.41) is 0.468. The Morgan fingerprint density at radius 3 is 2.56 bits per heavy atom. The number of hydrogen-bond donors (Lipinski definition) is 1. The number of thioether (sulfide) groups is 1. The van der Waals surface area contributed by atoms with Gasteiger partial charge in [0.15, 0.2) is 5.96 Å². The van der Waals surface area contributed by atoms with Gasteiger partial charge in [-0.15, -0.1) is 24.0 Å². The molecule has 2 saturated heterocycles.